The first-order chi connectivity index (χ1) is 32.2. The first-order valence-corrected chi connectivity index (χ1v) is 24.1. The smallest absolute Gasteiger partial charge is 0.258 e. The van der Waals surface area contributed by atoms with Crippen LogP contribution in [-0.2, 0) is 35.8 Å². The monoisotopic (exact) mass is 896 g/mol. The number of hydrogen-bond acceptors (Lipinski definition) is 10. The predicted octanol–water partition coefficient (Wildman–Crippen LogP) is 5.00. The maximum Gasteiger partial charge on any atom is 0.258 e. The van der Waals surface area contributed by atoms with Gasteiger partial charge in [-0.25, -0.2) is 0 Å². The minimum absolute atomic E-state index is 0.00356. The lowest BCUT2D eigenvalue weighted by atomic mass is 9.88. The summed E-state index contributed by atoms with van der Waals surface area (Å²) < 4.78 is 3.69. The van der Waals surface area contributed by atoms with Crippen LogP contribution >= 0.6 is 0 Å². The van der Waals surface area contributed by atoms with Crippen LogP contribution in [0, 0.1) is 23.7 Å². The number of rotatable bonds is 12. The van der Waals surface area contributed by atoms with E-state index in [1.54, 1.807) is 24.8 Å². The first kappa shape index (κ1) is 45.6. The highest BCUT2D eigenvalue weighted by molar-refractivity contribution is 5.84. The van der Waals surface area contributed by atoms with Crippen molar-refractivity contribution >= 4 is 24.0 Å². The van der Waals surface area contributed by atoms with E-state index in [0.717, 1.165) is 73.9 Å². The lowest BCUT2D eigenvalue weighted by Gasteiger charge is -2.31. The van der Waals surface area contributed by atoms with Crippen molar-refractivity contribution in [2.24, 2.45) is 23.7 Å². The molecule has 8 atom stereocenters. The van der Waals surface area contributed by atoms with E-state index in [4.69, 9.17) is 0 Å². The third-order valence-corrected chi connectivity index (χ3v) is 15.3. The number of fused-ring (bicyclic) bond motifs is 6. The van der Waals surface area contributed by atoms with E-state index in [0.29, 0.717) is 37.3 Å². The topological polar surface area (TPSA) is 175 Å². The Kier molecular flexibility index (Phi) is 13.9. The zero-order valence-corrected chi connectivity index (χ0v) is 38.1. The minimum atomic E-state index is -0.433. The Morgan fingerprint density at radius 1 is 0.606 bits per heavy atom. The lowest BCUT2D eigenvalue weighted by molar-refractivity contribution is -0.129. The Bertz CT molecular complexity index is 2360. The van der Waals surface area contributed by atoms with Crippen molar-refractivity contribution in [1.29, 1.82) is 0 Å². The van der Waals surface area contributed by atoms with Gasteiger partial charge in [0.25, 0.3) is 11.1 Å². The van der Waals surface area contributed by atoms with Gasteiger partial charge < -0.3 is 30.0 Å². The lowest BCUT2D eigenvalue weighted by Crippen LogP contribution is -2.50. The van der Waals surface area contributed by atoms with Gasteiger partial charge in [-0.15, -0.1) is 0 Å². The molecular formula is C52H64N8O6. The molecule has 6 aliphatic rings. The molecule has 4 aliphatic heterocycles. The summed E-state index contributed by atoms with van der Waals surface area (Å²) in [4.78, 5) is 66.1. The van der Waals surface area contributed by atoms with Crippen LogP contribution in [0.5, 0.6) is 0 Å². The maximum atomic E-state index is 13.6. The molecule has 2 saturated heterocycles. The second kappa shape index (κ2) is 20.1. The van der Waals surface area contributed by atoms with E-state index in [1.165, 1.54) is 0 Å². The molecule has 4 N–H and O–H groups in total. The average Bonchev–Trinajstić information content (AvgIpc) is 4.20. The second-order valence-electron chi connectivity index (χ2n) is 19.1. The standard InChI is InChI=1S/2C26H32N4O3/c2*1-2-5-18-8-9-22-23-20(15-29(22)26(18)33)21(16-31)24(25(32)28-19-6-3-4-7-19)30(23)14-17-10-12-27-13-11-17/h2*2,5,8-13,19-21,23-24,31H,3-4,6-7,14-16H2,1H3,(H,28,32)/b5-2+;5-2-/t2*20-,21-,23+,24-/m00/s1. The summed E-state index contributed by atoms with van der Waals surface area (Å²) in [6.07, 6.45) is 23.1. The number of aromatic nitrogens is 4. The Balaban J connectivity index is 0.000000166. The number of nitrogens with zero attached hydrogens (tertiary/aromatic N) is 6. The van der Waals surface area contributed by atoms with E-state index in [-0.39, 0.29) is 84.0 Å². The summed E-state index contributed by atoms with van der Waals surface area (Å²) in [5.74, 6) is -0.451. The van der Waals surface area contributed by atoms with Gasteiger partial charge in [-0.1, -0.05) is 50.0 Å². The number of allylic oxidation sites excluding steroid dienone is 2. The Labute approximate surface area is 386 Å². The normalized spacial score (nSPS) is 27.2. The maximum absolute atomic E-state index is 13.6. The fraction of sp³-hybridized carbons (Fsp3) is 0.500. The van der Waals surface area contributed by atoms with E-state index in [2.05, 4.69) is 30.4 Å². The number of pyridine rings is 4. The van der Waals surface area contributed by atoms with Crippen LogP contribution in [0.4, 0.5) is 0 Å². The Morgan fingerprint density at radius 3 is 1.33 bits per heavy atom. The number of nitrogens with one attached hydrogen (secondary N) is 2. The van der Waals surface area contributed by atoms with E-state index >= 15 is 0 Å². The largest absolute Gasteiger partial charge is 0.396 e. The van der Waals surface area contributed by atoms with Crippen LogP contribution in [0.2, 0.25) is 0 Å². The number of likely N-dealkylation sites (tertiary alicyclic amines) is 2. The SMILES string of the molecule is C/C=C/c1ccc2n(c1=O)C[C@H]1[C@H](CO)[C@@H](C(=O)NC3CCCC3)N(Cc3ccncc3)[C@@H]21.C/C=C\c1ccc2n(c1=O)C[C@H]1[C@H](CO)[C@@H](C(=O)NC3CCCC3)N(Cc3ccncc3)[C@@H]21. The van der Waals surface area contributed by atoms with Crippen LogP contribution in [0.3, 0.4) is 0 Å². The van der Waals surface area contributed by atoms with Crippen molar-refractivity contribution in [1.82, 2.24) is 39.5 Å². The Morgan fingerprint density at radius 2 is 0.985 bits per heavy atom. The number of aliphatic hydroxyl groups excluding tert-OH is 2. The third kappa shape index (κ3) is 8.76. The highest BCUT2D eigenvalue weighted by Crippen LogP contribution is 2.51. The summed E-state index contributed by atoms with van der Waals surface area (Å²) in [5.41, 5.74) is 5.31. The molecule has 0 aromatic carbocycles. The zero-order valence-electron chi connectivity index (χ0n) is 38.1. The minimum Gasteiger partial charge on any atom is -0.396 e. The number of amides is 2. The molecule has 0 spiro atoms. The van der Waals surface area contributed by atoms with Crippen LogP contribution < -0.4 is 21.8 Å². The zero-order chi connectivity index (χ0) is 45.9. The van der Waals surface area contributed by atoms with Gasteiger partial charge in [0.05, 0.1) is 24.2 Å². The molecule has 10 rings (SSSR count). The van der Waals surface area contributed by atoms with Gasteiger partial charge in [0, 0.05) is 122 Å². The molecule has 348 valence electrons. The molecule has 0 bridgehead atoms. The highest BCUT2D eigenvalue weighted by Gasteiger charge is 2.57. The number of hydrogen-bond donors (Lipinski definition) is 4. The summed E-state index contributed by atoms with van der Waals surface area (Å²) in [6.45, 7) is 5.81. The summed E-state index contributed by atoms with van der Waals surface area (Å²) >= 11 is 0. The third-order valence-electron chi connectivity index (χ3n) is 15.3. The van der Waals surface area contributed by atoms with Crippen molar-refractivity contribution in [3.63, 3.8) is 0 Å². The van der Waals surface area contributed by atoms with Crippen molar-refractivity contribution in [3.8, 4) is 0 Å². The average molecular weight is 897 g/mol. The van der Waals surface area contributed by atoms with Gasteiger partial charge in [0.2, 0.25) is 11.8 Å². The molecule has 8 heterocycles. The van der Waals surface area contributed by atoms with Gasteiger partial charge in [-0.2, -0.15) is 0 Å². The fourth-order valence-electron chi connectivity index (χ4n) is 12.3. The van der Waals surface area contributed by atoms with Crippen molar-refractivity contribution in [2.75, 3.05) is 13.2 Å². The van der Waals surface area contributed by atoms with Gasteiger partial charge in [0.15, 0.2) is 0 Å². The molecule has 66 heavy (non-hydrogen) atoms. The number of carbonyl (C=O) groups is 2. The van der Waals surface area contributed by atoms with Crippen LogP contribution in [-0.4, -0.2) is 88.3 Å². The van der Waals surface area contributed by atoms with Crippen molar-refractivity contribution < 1.29 is 19.8 Å². The quantitative estimate of drug-likeness (QED) is 0.152. The van der Waals surface area contributed by atoms with Crippen LogP contribution in [0.15, 0.2) is 95.1 Å². The molecule has 14 heteroatoms. The number of aliphatic hydroxyl groups is 2. The molecule has 0 radical (unpaired) electrons. The van der Waals surface area contributed by atoms with Crippen molar-refractivity contribution in [3.05, 3.63) is 140 Å². The molecular weight excluding hydrogens is 833 g/mol. The summed E-state index contributed by atoms with van der Waals surface area (Å²) in [6, 6.07) is 15.0. The van der Waals surface area contributed by atoms with Gasteiger partial charge in [0.1, 0.15) is 0 Å². The fourth-order valence-corrected chi connectivity index (χ4v) is 12.3. The molecule has 4 aromatic heterocycles. The Hall–Kier alpha value is -5.54. The molecule has 2 aliphatic carbocycles. The van der Waals surface area contributed by atoms with Gasteiger partial charge in [-0.3, -0.25) is 38.9 Å². The first-order valence-electron chi connectivity index (χ1n) is 24.1. The van der Waals surface area contributed by atoms with E-state index in [9.17, 15) is 29.4 Å². The van der Waals surface area contributed by atoms with Gasteiger partial charge in [-0.05, 0) is 99.2 Å². The molecule has 4 aromatic rings. The molecule has 14 nitrogen and oxygen atoms in total. The summed E-state index contributed by atoms with van der Waals surface area (Å²) in [5, 5.41) is 27.4. The van der Waals surface area contributed by atoms with Gasteiger partial charge >= 0.3 is 0 Å². The predicted molar refractivity (Wildman–Crippen MR) is 252 cm³/mol. The van der Waals surface area contributed by atoms with E-state index in [1.807, 2.05) is 95.8 Å². The van der Waals surface area contributed by atoms with Crippen LogP contribution in [0.1, 0.15) is 111 Å². The van der Waals surface area contributed by atoms with Crippen molar-refractivity contribution in [2.45, 2.75) is 128 Å². The highest BCUT2D eigenvalue weighted by atomic mass is 16.3. The van der Waals surface area contributed by atoms with E-state index < -0.39 is 12.1 Å². The van der Waals surface area contributed by atoms with Crippen LogP contribution in [0.25, 0.3) is 12.2 Å². The molecule has 2 saturated carbocycles. The molecule has 2 amide bonds. The number of carbonyl (C=O) groups excluding carboxylic acids is 2. The molecule has 0 unspecified atom stereocenters. The summed E-state index contributed by atoms with van der Waals surface area (Å²) in [7, 11) is 0. The second-order valence-corrected chi connectivity index (χ2v) is 19.1. The molecule has 4 fully saturated rings.